The predicted octanol–water partition coefficient (Wildman–Crippen LogP) is 1.90. The van der Waals surface area contributed by atoms with E-state index in [9.17, 15) is 4.79 Å². The van der Waals surface area contributed by atoms with E-state index in [-0.39, 0.29) is 11.9 Å². The molecule has 0 bridgehead atoms. The number of nitrogens with two attached hydrogens (primary N) is 1. The molecule has 0 radical (unpaired) electrons. The molecule has 114 valence electrons. The van der Waals surface area contributed by atoms with E-state index < -0.39 is 5.97 Å². The second kappa shape index (κ2) is 7.44. The van der Waals surface area contributed by atoms with E-state index in [1.165, 1.54) is 11.5 Å². The average molecular weight is 300 g/mol. The highest BCUT2D eigenvalue weighted by Crippen LogP contribution is 2.29. The number of likely N-dealkylation sites (N-methyl/N-ethyl adjacent to an activating group) is 1. The number of carbonyl (C=O) groups is 1. The van der Waals surface area contributed by atoms with Crippen molar-refractivity contribution in [1.29, 1.82) is 0 Å². The molecule has 0 aliphatic rings. The molecule has 0 aliphatic carbocycles. The van der Waals surface area contributed by atoms with Gasteiger partial charge in [0.15, 0.2) is 5.82 Å². The number of aromatic nitrogens is 1. The largest absolute Gasteiger partial charge is 0.462 e. The van der Waals surface area contributed by atoms with Crippen LogP contribution < -0.4 is 11.1 Å². The summed E-state index contributed by atoms with van der Waals surface area (Å²) in [6, 6.07) is 0.207. The van der Waals surface area contributed by atoms with Crippen LogP contribution in [0, 0.1) is 5.92 Å². The van der Waals surface area contributed by atoms with Gasteiger partial charge in [-0.2, -0.15) is 4.37 Å². The van der Waals surface area contributed by atoms with E-state index in [1.54, 1.807) is 6.92 Å². The molecule has 0 amide bonds. The molecule has 1 heterocycles. The highest BCUT2D eigenvalue weighted by Gasteiger charge is 2.24. The fourth-order valence-electron chi connectivity index (χ4n) is 1.79. The molecule has 1 rings (SSSR count). The van der Waals surface area contributed by atoms with E-state index in [0.29, 0.717) is 23.1 Å². The number of hydrogen-bond donors (Lipinski definition) is 2. The Morgan fingerprint density at radius 1 is 1.50 bits per heavy atom. The SMILES string of the molecule is CCOC(=O)c1c(N)nsc1NC(CN(C)C)C(C)C. The summed E-state index contributed by atoms with van der Waals surface area (Å²) < 4.78 is 9.08. The lowest BCUT2D eigenvalue weighted by atomic mass is 10.0. The monoisotopic (exact) mass is 300 g/mol. The minimum absolute atomic E-state index is 0.207. The summed E-state index contributed by atoms with van der Waals surface area (Å²) in [6.45, 7) is 7.21. The molecular formula is C13H24N4O2S. The molecule has 6 nitrogen and oxygen atoms in total. The van der Waals surface area contributed by atoms with Crippen LogP contribution in [0.2, 0.25) is 0 Å². The van der Waals surface area contributed by atoms with Crippen molar-refractivity contribution in [1.82, 2.24) is 9.27 Å². The van der Waals surface area contributed by atoms with Gasteiger partial charge in [-0.15, -0.1) is 0 Å². The Hall–Kier alpha value is -1.34. The van der Waals surface area contributed by atoms with Gasteiger partial charge in [-0.25, -0.2) is 4.79 Å². The van der Waals surface area contributed by atoms with Crippen molar-refractivity contribution in [2.24, 2.45) is 5.92 Å². The molecule has 1 aromatic heterocycles. The lowest BCUT2D eigenvalue weighted by molar-refractivity contribution is 0.0529. The summed E-state index contributed by atoms with van der Waals surface area (Å²) >= 11 is 1.20. The maximum absolute atomic E-state index is 11.9. The summed E-state index contributed by atoms with van der Waals surface area (Å²) in [5.41, 5.74) is 6.12. The zero-order valence-corrected chi connectivity index (χ0v) is 13.6. The highest BCUT2D eigenvalue weighted by atomic mass is 32.1. The Kier molecular flexibility index (Phi) is 6.22. The maximum Gasteiger partial charge on any atom is 0.344 e. The van der Waals surface area contributed by atoms with Crippen LogP contribution in [0.5, 0.6) is 0 Å². The molecule has 0 fully saturated rings. The summed E-state index contributed by atoms with van der Waals surface area (Å²) in [4.78, 5) is 14.0. The first-order chi connectivity index (χ1) is 9.36. The minimum Gasteiger partial charge on any atom is -0.462 e. The van der Waals surface area contributed by atoms with Gasteiger partial charge in [0, 0.05) is 12.6 Å². The molecule has 0 saturated heterocycles. The van der Waals surface area contributed by atoms with Crippen LogP contribution in [0.25, 0.3) is 0 Å². The van der Waals surface area contributed by atoms with Crippen LogP contribution in [0.4, 0.5) is 10.8 Å². The van der Waals surface area contributed by atoms with Gasteiger partial charge in [-0.3, -0.25) is 0 Å². The number of esters is 1. The van der Waals surface area contributed by atoms with Crippen molar-refractivity contribution >= 4 is 28.3 Å². The van der Waals surface area contributed by atoms with Crippen molar-refractivity contribution in [2.75, 3.05) is 38.3 Å². The molecule has 0 aliphatic heterocycles. The van der Waals surface area contributed by atoms with Gasteiger partial charge in [-0.05, 0) is 38.5 Å². The van der Waals surface area contributed by atoms with Crippen LogP contribution in [-0.2, 0) is 4.74 Å². The fourth-order valence-corrected chi connectivity index (χ4v) is 2.55. The second-order valence-electron chi connectivity index (χ2n) is 5.25. The van der Waals surface area contributed by atoms with E-state index in [4.69, 9.17) is 10.5 Å². The van der Waals surface area contributed by atoms with Gasteiger partial charge in [-0.1, -0.05) is 13.8 Å². The Morgan fingerprint density at radius 3 is 2.65 bits per heavy atom. The molecule has 3 N–H and O–H groups in total. The van der Waals surface area contributed by atoms with Crippen molar-refractivity contribution < 1.29 is 9.53 Å². The van der Waals surface area contributed by atoms with Crippen LogP contribution >= 0.6 is 11.5 Å². The lowest BCUT2D eigenvalue weighted by Gasteiger charge is -2.26. The van der Waals surface area contributed by atoms with Gasteiger partial charge in [0.25, 0.3) is 0 Å². The molecule has 1 aromatic rings. The molecule has 1 atom stereocenters. The number of nitrogens with one attached hydrogen (secondary N) is 1. The molecule has 20 heavy (non-hydrogen) atoms. The minimum atomic E-state index is -0.423. The van der Waals surface area contributed by atoms with Crippen molar-refractivity contribution in [3.8, 4) is 0 Å². The number of carbonyl (C=O) groups excluding carboxylic acids is 1. The molecule has 0 spiro atoms. The lowest BCUT2D eigenvalue weighted by Crippen LogP contribution is -2.36. The third-order valence-corrected chi connectivity index (χ3v) is 3.67. The number of anilines is 2. The van der Waals surface area contributed by atoms with E-state index in [0.717, 1.165) is 6.54 Å². The van der Waals surface area contributed by atoms with Crippen molar-refractivity contribution in [3.63, 3.8) is 0 Å². The first kappa shape index (κ1) is 16.7. The van der Waals surface area contributed by atoms with Crippen molar-refractivity contribution in [3.05, 3.63) is 5.56 Å². The van der Waals surface area contributed by atoms with Gasteiger partial charge in [0.1, 0.15) is 10.6 Å². The Labute approximate surface area is 124 Å². The van der Waals surface area contributed by atoms with Crippen LogP contribution in [0.1, 0.15) is 31.1 Å². The van der Waals surface area contributed by atoms with Gasteiger partial charge >= 0.3 is 5.97 Å². The van der Waals surface area contributed by atoms with Crippen LogP contribution in [-0.4, -0.2) is 48.5 Å². The Bertz CT molecular complexity index is 446. The number of hydrogen-bond acceptors (Lipinski definition) is 7. The maximum atomic E-state index is 11.9. The zero-order valence-electron chi connectivity index (χ0n) is 12.8. The summed E-state index contributed by atoms with van der Waals surface area (Å²) in [5.74, 6) is 0.215. The van der Waals surface area contributed by atoms with Gasteiger partial charge in [0.05, 0.1) is 6.61 Å². The quantitative estimate of drug-likeness (QED) is 0.749. The smallest absolute Gasteiger partial charge is 0.344 e. The van der Waals surface area contributed by atoms with E-state index >= 15 is 0 Å². The second-order valence-corrected chi connectivity index (χ2v) is 6.02. The standard InChI is InChI=1S/C13H24N4O2S/c1-6-19-13(18)10-11(14)16-20-12(10)15-9(8(2)3)7-17(4)5/h8-9,15H,6-7H2,1-5H3,(H2,14,16). The fraction of sp³-hybridized carbons (Fsp3) is 0.692. The highest BCUT2D eigenvalue weighted by molar-refractivity contribution is 7.11. The first-order valence-corrected chi connectivity index (χ1v) is 7.47. The van der Waals surface area contributed by atoms with Gasteiger partial charge < -0.3 is 20.7 Å². The zero-order chi connectivity index (χ0) is 15.3. The average Bonchev–Trinajstić information content (AvgIpc) is 2.69. The van der Waals surface area contributed by atoms with E-state index in [1.807, 2.05) is 14.1 Å². The van der Waals surface area contributed by atoms with Crippen LogP contribution in [0.15, 0.2) is 0 Å². The summed E-state index contributed by atoms with van der Waals surface area (Å²) in [7, 11) is 4.04. The molecule has 0 aromatic carbocycles. The predicted molar refractivity (Wildman–Crippen MR) is 83.3 cm³/mol. The van der Waals surface area contributed by atoms with E-state index in [2.05, 4.69) is 28.4 Å². The summed E-state index contributed by atoms with van der Waals surface area (Å²) in [6.07, 6.45) is 0. The third kappa shape index (κ3) is 4.35. The number of ether oxygens (including phenoxy) is 1. The molecule has 1 unspecified atom stereocenters. The van der Waals surface area contributed by atoms with Gasteiger partial charge in [0.2, 0.25) is 0 Å². The third-order valence-electron chi connectivity index (χ3n) is 2.88. The Morgan fingerprint density at radius 2 is 2.15 bits per heavy atom. The molecule has 0 saturated carbocycles. The summed E-state index contributed by atoms with van der Waals surface area (Å²) in [5, 5.41) is 4.05. The number of rotatable bonds is 7. The molecule has 7 heteroatoms. The molecular weight excluding hydrogens is 276 g/mol. The normalized spacial score (nSPS) is 12.8. The van der Waals surface area contributed by atoms with Crippen molar-refractivity contribution in [2.45, 2.75) is 26.8 Å². The Balaban J connectivity index is 2.93. The van der Waals surface area contributed by atoms with Crippen LogP contribution in [0.3, 0.4) is 0 Å². The number of nitrogens with zero attached hydrogens (tertiary/aromatic N) is 2. The first-order valence-electron chi connectivity index (χ1n) is 6.70. The topological polar surface area (TPSA) is 80.5 Å². The number of nitrogen functional groups attached to an aromatic ring is 1.